The summed E-state index contributed by atoms with van der Waals surface area (Å²) >= 11 is 3.33. The minimum absolute atomic E-state index is 0.0416. The maximum atomic E-state index is 11.5. The number of aromatic nitrogens is 1. The van der Waals surface area contributed by atoms with E-state index >= 15 is 0 Å². The third-order valence-electron chi connectivity index (χ3n) is 2.32. The molecule has 0 saturated carbocycles. The van der Waals surface area contributed by atoms with E-state index in [1.165, 1.54) is 0 Å². The van der Waals surface area contributed by atoms with Gasteiger partial charge in [-0.15, -0.1) is 0 Å². The predicted octanol–water partition coefficient (Wildman–Crippen LogP) is 2.76. The van der Waals surface area contributed by atoms with E-state index in [2.05, 4.69) is 25.6 Å². The van der Waals surface area contributed by atoms with Crippen molar-refractivity contribution in [2.75, 3.05) is 10.5 Å². The van der Waals surface area contributed by atoms with Crippen molar-refractivity contribution in [3.8, 4) is 0 Å². The van der Waals surface area contributed by atoms with Gasteiger partial charge in [-0.3, -0.25) is 9.71 Å². The molecule has 2 aromatic rings. The van der Waals surface area contributed by atoms with Gasteiger partial charge in [0.25, 0.3) is 0 Å². The molecule has 0 aliphatic heterocycles. The molecule has 0 aliphatic rings. The number of nitrogens with one attached hydrogen (secondary N) is 1. The molecular formula is C11H11BrN2O2S. The monoisotopic (exact) mass is 314 g/mol. The van der Waals surface area contributed by atoms with Crippen LogP contribution in [0.5, 0.6) is 0 Å². The van der Waals surface area contributed by atoms with E-state index in [4.69, 9.17) is 0 Å². The minimum Gasteiger partial charge on any atom is -0.281 e. The van der Waals surface area contributed by atoms with E-state index in [0.29, 0.717) is 11.2 Å². The lowest BCUT2D eigenvalue weighted by Gasteiger charge is -2.08. The third-order valence-corrected chi connectivity index (χ3v) is 4.05. The number of halogens is 1. The number of pyridine rings is 1. The zero-order chi connectivity index (χ0) is 12.5. The number of hydrogen-bond acceptors (Lipinski definition) is 3. The van der Waals surface area contributed by atoms with Gasteiger partial charge in [-0.1, -0.05) is 12.1 Å². The van der Waals surface area contributed by atoms with Crippen molar-refractivity contribution in [3.05, 3.63) is 34.9 Å². The van der Waals surface area contributed by atoms with Crippen molar-refractivity contribution in [1.29, 1.82) is 0 Å². The highest BCUT2D eigenvalue weighted by Gasteiger charge is 2.10. The molecule has 1 aromatic heterocycles. The molecule has 0 aliphatic carbocycles. The molecule has 90 valence electrons. The van der Waals surface area contributed by atoms with Gasteiger partial charge in [-0.25, -0.2) is 8.42 Å². The summed E-state index contributed by atoms with van der Waals surface area (Å²) in [5, 5.41) is 0.885. The summed E-state index contributed by atoms with van der Waals surface area (Å²) in [5.74, 6) is 0.0416. The van der Waals surface area contributed by atoms with Gasteiger partial charge in [-0.05, 0) is 35.0 Å². The first kappa shape index (κ1) is 12.3. The van der Waals surface area contributed by atoms with Crippen LogP contribution in [0.4, 0.5) is 5.69 Å². The van der Waals surface area contributed by atoms with Crippen molar-refractivity contribution in [2.24, 2.45) is 0 Å². The Morgan fingerprint density at radius 3 is 2.88 bits per heavy atom. The van der Waals surface area contributed by atoms with Crippen molar-refractivity contribution >= 4 is 42.5 Å². The molecule has 1 heterocycles. The molecule has 0 fully saturated rings. The number of para-hydroxylation sites is 1. The number of nitrogens with zero attached hydrogens (tertiary/aromatic N) is 1. The Hall–Kier alpha value is -1.14. The van der Waals surface area contributed by atoms with Crippen molar-refractivity contribution in [1.82, 2.24) is 4.98 Å². The Balaban J connectivity index is 2.55. The van der Waals surface area contributed by atoms with Crippen LogP contribution in [0.3, 0.4) is 0 Å². The Kier molecular flexibility index (Phi) is 3.35. The van der Waals surface area contributed by atoms with E-state index in [1.54, 1.807) is 25.3 Å². The van der Waals surface area contributed by atoms with Gasteiger partial charge in [0, 0.05) is 16.1 Å². The summed E-state index contributed by atoms with van der Waals surface area (Å²) in [7, 11) is -3.28. The first-order valence-electron chi connectivity index (χ1n) is 5.06. The minimum atomic E-state index is -3.28. The average molecular weight is 315 g/mol. The summed E-state index contributed by atoms with van der Waals surface area (Å²) in [5.41, 5.74) is 1.16. The van der Waals surface area contributed by atoms with Crippen LogP contribution in [-0.4, -0.2) is 19.2 Å². The largest absolute Gasteiger partial charge is 0.281 e. The van der Waals surface area contributed by atoms with Crippen LogP contribution in [0.1, 0.15) is 6.92 Å². The highest BCUT2D eigenvalue weighted by Crippen LogP contribution is 2.24. The Bertz CT molecular complexity index is 656. The molecule has 4 nitrogen and oxygen atoms in total. The van der Waals surface area contributed by atoms with Crippen LogP contribution in [0.2, 0.25) is 0 Å². The molecule has 0 spiro atoms. The zero-order valence-electron chi connectivity index (χ0n) is 9.14. The lowest BCUT2D eigenvalue weighted by Crippen LogP contribution is -2.14. The fourth-order valence-corrected chi connectivity index (χ4v) is 2.45. The van der Waals surface area contributed by atoms with Crippen LogP contribution in [-0.2, 0) is 10.0 Å². The number of anilines is 1. The standard InChI is InChI=1S/C11H11BrN2O2S/c1-2-17(15,16)14-10-5-3-4-8-6-9(12)7-13-11(8)10/h3-7,14H,2H2,1H3. The second-order valence-electron chi connectivity index (χ2n) is 3.54. The molecule has 2 rings (SSSR count). The van der Waals surface area contributed by atoms with Crippen LogP contribution >= 0.6 is 15.9 Å². The molecule has 0 unspecified atom stereocenters. The predicted molar refractivity (Wildman–Crippen MR) is 72.5 cm³/mol. The fourth-order valence-electron chi connectivity index (χ4n) is 1.46. The Morgan fingerprint density at radius 2 is 2.18 bits per heavy atom. The number of rotatable bonds is 3. The normalized spacial score (nSPS) is 11.6. The lowest BCUT2D eigenvalue weighted by molar-refractivity contribution is 0.602. The number of benzene rings is 1. The first-order chi connectivity index (χ1) is 8.02. The van der Waals surface area contributed by atoms with Gasteiger partial charge in [0.05, 0.1) is 17.0 Å². The van der Waals surface area contributed by atoms with Crippen molar-refractivity contribution in [2.45, 2.75) is 6.92 Å². The lowest BCUT2D eigenvalue weighted by atomic mass is 10.2. The van der Waals surface area contributed by atoms with E-state index in [9.17, 15) is 8.42 Å². The van der Waals surface area contributed by atoms with Crippen LogP contribution in [0, 0.1) is 0 Å². The Labute approximate surface area is 108 Å². The molecular weight excluding hydrogens is 304 g/mol. The van der Waals surface area contributed by atoms with Gasteiger partial charge < -0.3 is 0 Å². The second-order valence-corrected chi connectivity index (χ2v) is 6.46. The highest BCUT2D eigenvalue weighted by molar-refractivity contribution is 9.10. The third kappa shape index (κ3) is 2.76. The summed E-state index contributed by atoms with van der Waals surface area (Å²) < 4.78 is 26.4. The fraction of sp³-hybridized carbons (Fsp3) is 0.182. The maximum absolute atomic E-state index is 11.5. The first-order valence-corrected chi connectivity index (χ1v) is 7.51. The van der Waals surface area contributed by atoms with Crippen molar-refractivity contribution in [3.63, 3.8) is 0 Å². The van der Waals surface area contributed by atoms with Crippen LogP contribution in [0.25, 0.3) is 10.9 Å². The number of sulfonamides is 1. The summed E-state index contributed by atoms with van der Waals surface area (Å²) in [6, 6.07) is 7.28. The van der Waals surface area contributed by atoms with E-state index < -0.39 is 10.0 Å². The van der Waals surface area contributed by atoms with Gasteiger partial charge in [0.1, 0.15) is 0 Å². The summed E-state index contributed by atoms with van der Waals surface area (Å²) in [4.78, 5) is 4.23. The highest BCUT2D eigenvalue weighted by atomic mass is 79.9. The van der Waals surface area contributed by atoms with E-state index in [-0.39, 0.29) is 5.75 Å². The molecule has 0 bridgehead atoms. The average Bonchev–Trinajstić information content (AvgIpc) is 2.28. The molecule has 0 atom stereocenters. The SMILES string of the molecule is CCS(=O)(=O)Nc1cccc2cc(Br)cnc12. The van der Waals surface area contributed by atoms with Gasteiger partial charge >= 0.3 is 0 Å². The molecule has 17 heavy (non-hydrogen) atoms. The number of fused-ring (bicyclic) bond motifs is 1. The smallest absolute Gasteiger partial charge is 0.232 e. The number of hydrogen-bond donors (Lipinski definition) is 1. The molecule has 0 saturated heterocycles. The zero-order valence-corrected chi connectivity index (χ0v) is 11.5. The van der Waals surface area contributed by atoms with E-state index in [0.717, 1.165) is 9.86 Å². The summed E-state index contributed by atoms with van der Waals surface area (Å²) in [6.07, 6.45) is 1.64. The maximum Gasteiger partial charge on any atom is 0.232 e. The van der Waals surface area contributed by atoms with Crippen LogP contribution in [0.15, 0.2) is 34.9 Å². The second kappa shape index (κ2) is 4.62. The molecule has 6 heteroatoms. The van der Waals surface area contributed by atoms with Crippen LogP contribution < -0.4 is 4.72 Å². The van der Waals surface area contributed by atoms with E-state index in [1.807, 2.05) is 12.1 Å². The Morgan fingerprint density at radius 1 is 1.41 bits per heavy atom. The quantitative estimate of drug-likeness (QED) is 0.947. The molecule has 0 amide bonds. The molecule has 1 N–H and O–H groups in total. The molecule has 1 aromatic carbocycles. The van der Waals surface area contributed by atoms with Gasteiger partial charge in [0.2, 0.25) is 10.0 Å². The van der Waals surface area contributed by atoms with Gasteiger partial charge in [-0.2, -0.15) is 0 Å². The van der Waals surface area contributed by atoms with Gasteiger partial charge in [0.15, 0.2) is 0 Å². The molecule has 0 radical (unpaired) electrons. The topological polar surface area (TPSA) is 59.1 Å². The summed E-state index contributed by atoms with van der Waals surface area (Å²) in [6.45, 7) is 1.59. The van der Waals surface area contributed by atoms with Crippen molar-refractivity contribution < 1.29 is 8.42 Å².